The zero-order valence-electron chi connectivity index (χ0n) is 21.2. The lowest BCUT2D eigenvalue weighted by molar-refractivity contribution is 0.101. The summed E-state index contributed by atoms with van der Waals surface area (Å²) in [4.78, 5) is 25.0. The lowest BCUT2D eigenvalue weighted by Gasteiger charge is -2.39. The molecule has 10 heteroatoms. The van der Waals surface area contributed by atoms with Crippen LogP contribution in [-0.4, -0.2) is 52.8 Å². The van der Waals surface area contributed by atoms with Gasteiger partial charge in [0.25, 0.3) is 0 Å². The van der Waals surface area contributed by atoms with Gasteiger partial charge in [-0.3, -0.25) is 18.9 Å². The van der Waals surface area contributed by atoms with E-state index in [0.717, 1.165) is 45.7 Å². The minimum Gasteiger partial charge on any atom is -0.492 e. The van der Waals surface area contributed by atoms with Crippen LogP contribution in [0.2, 0.25) is 0 Å². The molecule has 1 saturated heterocycles. The summed E-state index contributed by atoms with van der Waals surface area (Å²) in [6.45, 7) is 6.77. The summed E-state index contributed by atoms with van der Waals surface area (Å²) in [7, 11) is -2.94. The van der Waals surface area contributed by atoms with Gasteiger partial charge >= 0.3 is 0 Å². The van der Waals surface area contributed by atoms with Crippen LogP contribution in [0.3, 0.4) is 0 Å². The fourth-order valence-electron chi connectivity index (χ4n) is 5.79. The first-order valence-corrected chi connectivity index (χ1v) is 14.6. The van der Waals surface area contributed by atoms with Crippen LogP contribution >= 0.6 is 0 Å². The quantitative estimate of drug-likeness (QED) is 0.485. The Balaban J connectivity index is 1.47. The topological polar surface area (TPSA) is 104 Å². The fourth-order valence-corrected chi connectivity index (χ4v) is 7.25. The smallest absolute Gasteiger partial charge is 0.193 e. The molecule has 9 nitrogen and oxygen atoms in total. The van der Waals surface area contributed by atoms with E-state index in [0.29, 0.717) is 26.0 Å². The van der Waals surface area contributed by atoms with E-state index in [2.05, 4.69) is 30.0 Å². The molecule has 3 aromatic rings. The minimum absolute atomic E-state index is 0.0644. The molecular weight excluding hydrogens is 492 g/mol. The van der Waals surface area contributed by atoms with Gasteiger partial charge in [0.05, 0.1) is 48.2 Å². The lowest BCUT2D eigenvalue weighted by atomic mass is 9.89. The SMILES string of the molecule is CC(=O)c1cn2c(cc1=O)-c1c(cc(-c3cnn(C4CCS(=O)(=O)CC4)c3)c3c1CCO3)CN2C(C)C. The molecule has 1 aromatic carbocycles. The number of aromatic nitrogens is 3. The average Bonchev–Trinajstić information content (AvgIpc) is 3.52. The molecule has 6 rings (SSSR count). The molecule has 0 aliphatic carbocycles. The second-order valence-corrected chi connectivity index (χ2v) is 12.8. The number of benzene rings is 1. The molecule has 194 valence electrons. The van der Waals surface area contributed by atoms with Crippen molar-refractivity contribution in [2.24, 2.45) is 0 Å². The molecule has 0 atom stereocenters. The molecule has 0 bridgehead atoms. The van der Waals surface area contributed by atoms with Crippen molar-refractivity contribution in [3.8, 4) is 28.1 Å². The number of ketones is 1. The van der Waals surface area contributed by atoms with Gasteiger partial charge in [0.15, 0.2) is 11.2 Å². The van der Waals surface area contributed by atoms with Crippen LogP contribution < -0.4 is 15.2 Å². The Hall–Kier alpha value is -3.40. The van der Waals surface area contributed by atoms with Gasteiger partial charge in [-0.05, 0) is 45.2 Å². The number of carbonyl (C=O) groups is 1. The van der Waals surface area contributed by atoms with Crippen LogP contribution in [0.1, 0.15) is 61.1 Å². The predicted octanol–water partition coefficient (Wildman–Crippen LogP) is 3.13. The molecule has 2 aromatic heterocycles. The second-order valence-electron chi connectivity index (χ2n) is 10.5. The molecule has 3 aliphatic rings. The molecule has 0 amide bonds. The van der Waals surface area contributed by atoms with E-state index in [4.69, 9.17) is 4.74 Å². The Labute approximate surface area is 215 Å². The first-order valence-electron chi connectivity index (χ1n) is 12.7. The molecule has 0 spiro atoms. The molecule has 0 radical (unpaired) electrons. The maximum Gasteiger partial charge on any atom is 0.193 e. The van der Waals surface area contributed by atoms with Gasteiger partial charge in [-0.2, -0.15) is 5.10 Å². The van der Waals surface area contributed by atoms with Crippen molar-refractivity contribution in [1.82, 2.24) is 14.5 Å². The normalized spacial score (nSPS) is 18.3. The van der Waals surface area contributed by atoms with Gasteiger partial charge in [-0.1, -0.05) is 0 Å². The molecule has 5 heterocycles. The van der Waals surface area contributed by atoms with Crippen LogP contribution in [0, 0.1) is 0 Å². The highest BCUT2D eigenvalue weighted by atomic mass is 32.2. The van der Waals surface area contributed by atoms with Crippen molar-refractivity contribution < 1.29 is 17.9 Å². The molecular formula is C27H30N4O5S. The third kappa shape index (κ3) is 3.98. The van der Waals surface area contributed by atoms with Crippen molar-refractivity contribution in [1.29, 1.82) is 0 Å². The predicted molar refractivity (Wildman–Crippen MR) is 141 cm³/mol. The van der Waals surface area contributed by atoms with Gasteiger partial charge in [0, 0.05) is 53.2 Å². The number of fused-ring (bicyclic) bond motifs is 5. The molecule has 0 saturated carbocycles. The summed E-state index contributed by atoms with van der Waals surface area (Å²) >= 11 is 0. The summed E-state index contributed by atoms with van der Waals surface area (Å²) in [5.74, 6) is 0.946. The molecule has 0 N–H and O–H groups in total. The Bertz CT molecular complexity index is 1590. The van der Waals surface area contributed by atoms with Gasteiger partial charge < -0.3 is 9.75 Å². The Morgan fingerprint density at radius 2 is 1.92 bits per heavy atom. The van der Waals surface area contributed by atoms with Crippen molar-refractivity contribution >= 4 is 15.6 Å². The van der Waals surface area contributed by atoms with E-state index in [-0.39, 0.29) is 40.4 Å². The zero-order valence-corrected chi connectivity index (χ0v) is 22.0. The highest BCUT2D eigenvalue weighted by Crippen LogP contribution is 2.46. The van der Waals surface area contributed by atoms with Gasteiger partial charge in [-0.15, -0.1) is 0 Å². The number of Topliss-reactive ketones (excluding diaryl/α,β-unsaturated/α-hetero) is 1. The standard InChI is InChI=1S/C27H30N4O5S/c1-16(2)30-14-18-10-22(19-12-28-29(13-19)20-5-8-37(34,35)9-6-20)27-21(4-7-36-27)26(18)24-11-25(33)23(17(3)32)15-31(24)30/h10-13,15-16,20H,4-9,14H2,1-3H3. The molecule has 3 aliphatic heterocycles. The molecule has 1 fully saturated rings. The van der Waals surface area contributed by atoms with Crippen molar-refractivity contribution in [3.05, 3.63) is 57.6 Å². The number of hydrogen-bond acceptors (Lipinski definition) is 7. The van der Waals surface area contributed by atoms with Gasteiger partial charge in [-0.25, -0.2) is 8.42 Å². The summed E-state index contributed by atoms with van der Waals surface area (Å²) in [5.41, 5.74) is 5.74. The third-order valence-electron chi connectivity index (χ3n) is 7.74. The zero-order chi connectivity index (χ0) is 26.1. The fraction of sp³-hybridized carbons (Fsp3) is 0.444. The van der Waals surface area contributed by atoms with Gasteiger partial charge in [0.2, 0.25) is 0 Å². The summed E-state index contributed by atoms with van der Waals surface area (Å²) < 4.78 is 33.7. The van der Waals surface area contributed by atoms with Crippen LogP contribution in [0.5, 0.6) is 5.75 Å². The summed E-state index contributed by atoms with van der Waals surface area (Å²) in [6, 6.07) is 3.91. The van der Waals surface area contributed by atoms with Crippen molar-refractivity contribution in [3.63, 3.8) is 0 Å². The van der Waals surface area contributed by atoms with Crippen LogP contribution in [0.4, 0.5) is 0 Å². The number of hydrogen-bond donors (Lipinski definition) is 0. The van der Waals surface area contributed by atoms with E-state index in [1.54, 1.807) is 12.3 Å². The van der Waals surface area contributed by atoms with Crippen molar-refractivity contribution in [2.75, 3.05) is 23.1 Å². The van der Waals surface area contributed by atoms with E-state index < -0.39 is 9.84 Å². The number of rotatable bonds is 4. The highest BCUT2D eigenvalue weighted by molar-refractivity contribution is 7.91. The Kier molecular flexibility index (Phi) is 5.56. The third-order valence-corrected chi connectivity index (χ3v) is 9.46. The largest absolute Gasteiger partial charge is 0.492 e. The van der Waals surface area contributed by atoms with E-state index in [1.807, 2.05) is 21.8 Å². The first-order chi connectivity index (χ1) is 17.6. The number of sulfone groups is 1. The Morgan fingerprint density at radius 3 is 2.62 bits per heavy atom. The monoisotopic (exact) mass is 522 g/mol. The van der Waals surface area contributed by atoms with E-state index in [1.165, 1.54) is 6.92 Å². The minimum atomic E-state index is -2.94. The Morgan fingerprint density at radius 1 is 1.16 bits per heavy atom. The van der Waals surface area contributed by atoms with E-state index >= 15 is 0 Å². The van der Waals surface area contributed by atoms with Gasteiger partial charge in [0.1, 0.15) is 15.6 Å². The maximum atomic E-state index is 12.9. The highest BCUT2D eigenvalue weighted by Gasteiger charge is 2.33. The maximum absolute atomic E-state index is 12.9. The number of carbonyl (C=O) groups excluding carboxylic acids is 1. The van der Waals surface area contributed by atoms with Crippen LogP contribution in [0.15, 0.2) is 35.5 Å². The second kappa shape index (κ2) is 8.58. The lowest BCUT2D eigenvalue weighted by Crippen LogP contribution is -2.44. The number of nitrogens with zero attached hydrogens (tertiary/aromatic N) is 4. The molecule has 37 heavy (non-hydrogen) atoms. The van der Waals surface area contributed by atoms with Crippen LogP contribution in [-0.2, 0) is 22.8 Å². The average molecular weight is 523 g/mol. The first kappa shape index (κ1) is 24.0. The number of ether oxygens (including phenoxy) is 1. The van der Waals surface area contributed by atoms with Crippen molar-refractivity contribution in [2.45, 2.75) is 58.7 Å². The summed E-state index contributed by atoms with van der Waals surface area (Å²) in [6.07, 6.45) is 7.36. The van der Waals surface area contributed by atoms with Crippen LogP contribution in [0.25, 0.3) is 22.4 Å². The summed E-state index contributed by atoms with van der Waals surface area (Å²) in [5, 5.41) is 6.75. The molecule has 0 unspecified atom stereocenters. The van der Waals surface area contributed by atoms with E-state index in [9.17, 15) is 18.0 Å². The number of pyridine rings is 1.